The standard InChI is InChI=1S/C12H13NO2S/c1-3-9-8(2)10(12(14)15)11(16-9)13-6-4-5-7-13/h4-7H,3H2,1-2H3,(H,14,15). The van der Waals surface area contributed by atoms with E-state index in [4.69, 9.17) is 0 Å². The molecule has 0 saturated heterocycles. The zero-order chi connectivity index (χ0) is 11.7. The minimum atomic E-state index is -0.850. The third-order valence-corrected chi connectivity index (χ3v) is 4.05. The van der Waals surface area contributed by atoms with Gasteiger partial charge >= 0.3 is 5.97 Å². The smallest absolute Gasteiger partial charge is 0.339 e. The van der Waals surface area contributed by atoms with Crippen LogP contribution in [-0.2, 0) is 6.42 Å². The number of aryl methyl sites for hydroxylation is 1. The van der Waals surface area contributed by atoms with E-state index in [2.05, 4.69) is 0 Å². The maximum Gasteiger partial charge on any atom is 0.339 e. The molecule has 0 amide bonds. The summed E-state index contributed by atoms with van der Waals surface area (Å²) < 4.78 is 1.86. The summed E-state index contributed by atoms with van der Waals surface area (Å²) in [7, 11) is 0. The van der Waals surface area contributed by atoms with Crippen LogP contribution in [0.2, 0.25) is 0 Å². The third-order valence-electron chi connectivity index (χ3n) is 2.60. The molecule has 0 fully saturated rings. The summed E-state index contributed by atoms with van der Waals surface area (Å²) in [6.45, 7) is 3.93. The Bertz CT molecular complexity index is 511. The minimum Gasteiger partial charge on any atom is -0.478 e. The summed E-state index contributed by atoms with van der Waals surface area (Å²) in [5.41, 5.74) is 1.32. The van der Waals surface area contributed by atoms with Crippen molar-refractivity contribution in [3.05, 3.63) is 40.5 Å². The molecule has 3 nitrogen and oxygen atoms in total. The van der Waals surface area contributed by atoms with Gasteiger partial charge in [0.25, 0.3) is 0 Å². The van der Waals surface area contributed by atoms with Gasteiger partial charge in [-0.3, -0.25) is 0 Å². The van der Waals surface area contributed by atoms with E-state index in [1.54, 1.807) is 11.3 Å². The zero-order valence-corrected chi connectivity index (χ0v) is 10.0. The Kier molecular flexibility index (Phi) is 2.83. The minimum absolute atomic E-state index is 0.429. The summed E-state index contributed by atoms with van der Waals surface area (Å²) in [6.07, 6.45) is 4.62. The SMILES string of the molecule is CCc1sc(-n2cccc2)c(C(=O)O)c1C. The number of carboxylic acid groups (broad SMARTS) is 1. The summed E-state index contributed by atoms with van der Waals surface area (Å²) in [6, 6.07) is 3.79. The van der Waals surface area contributed by atoms with Crippen LogP contribution in [0.1, 0.15) is 27.7 Å². The van der Waals surface area contributed by atoms with E-state index in [1.807, 2.05) is 42.9 Å². The van der Waals surface area contributed by atoms with Gasteiger partial charge in [-0.1, -0.05) is 6.92 Å². The summed E-state index contributed by atoms with van der Waals surface area (Å²) in [4.78, 5) is 12.4. The number of carbonyl (C=O) groups is 1. The Morgan fingerprint density at radius 2 is 2.06 bits per heavy atom. The van der Waals surface area contributed by atoms with Crippen LogP contribution < -0.4 is 0 Å². The van der Waals surface area contributed by atoms with Gasteiger partial charge in [-0.2, -0.15) is 0 Å². The lowest BCUT2D eigenvalue weighted by atomic mass is 10.1. The third kappa shape index (κ3) is 1.65. The van der Waals surface area contributed by atoms with E-state index in [1.165, 1.54) is 0 Å². The Hall–Kier alpha value is -1.55. The predicted octanol–water partition coefficient (Wildman–Crippen LogP) is 3.11. The number of aromatic nitrogens is 1. The van der Waals surface area contributed by atoms with E-state index >= 15 is 0 Å². The topological polar surface area (TPSA) is 42.2 Å². The molecule has 2 aromatic heterocycles. The van der Waals surface area contributed by atoms with E-state index in [9.17, 15) is 9.90 Å². The molecule has 0 aliphatic heterocycles. The second-order valence-corrected chi connectivity index (χ2v) is 4.66. The van der Waals surface area contributed by atoms with Gasteiger partial charge in [0.05, 0.1) is 5.56 Å². The number of hydrogen-bond acceptors (Lipinski definition) is 2. The molecule has 84 valence electrons. The first kappa shape index (κ1) is 11.0. The second kappa shape index (κ2) is 4.14. The van der Waals surface area contributed by atoms with Crippen molar-refractivity contribution in [1.82, 2.24) is 4.57 Å². The van der Waals surface area contributed by atoms with Crippen molar-refractivity contribution >= 4 is 17.3 Å². The van der Waals surface area contributed by atoms with Gasteiger partial charge in [-0.05, 0) is 31.0 Å². The molecule has 2 rings (SSSR count). The number of hydrogen-bond donors (Lipinski definition) is 1. The Morgan fingerprint density at radius 3 is 2.56 bits per heavy atom. The highest BCUT2D eigenvalue weighted by Crippen LogP contribution is 2.31. The van der Waals surface area contributed by atoms with Gasteiger partial charge in [0.2, 0.25) is 0 Å². The Balaban J connectivity index is 2.65. The van der Waals surface area contributed by atoms with Gasteiger partial charge in [0, 0.05) is 17.3 Å². The van der Waals surface area contributed by atoms with Gasteiger partial charge in [-0.25, -0.2) is 4.79 Å². The monoisotopic (exact) mass is 235 g/mol. The molecule has 0 aliphatic carbocycles. The van der Waals surface area contributed by atoms with Crippen LogP contribution in [0.4, 0.5) is 0 Å². The van der Waals surface area contributed by atoms with Crippen LogP contribution in [0.3, 0.4) is 0 Å². The van der Waals surface area contributed by atoms with Crippen LogP contribution >= 0.6 is 11.3 Å². The molecule has 0 atom stereocenters. The molecule has 4 heteroatoms. The molecule has 0 unspecified atom stereocenters. The van der Waals surface area contributed by atoms with E-state index in [0.717, 1.165) is 21.9 Å². The molecular formula is C12H13NO2S. The molecule has 2 heterocycles. The molecule has 0 saturated carbocycles. The number of carboxylic acids is 1. The fourth-order valence-corrected chi connectivity index (χ4v) is 2.99. The fourth-order valence-electron chi connectivity index (χ4n) is 1.79. The predicted molar refractivity (Wildman–Crippen MR) is 64.7 cm³/mol. The van der Waals surface area contributed by atoms with E-state index in [-0.39, 0.29) is 0 Å². The molecule has 0 spiro atoms. The van der Waals surface area contributed by atoms with Crippen LogP contribution in [0.5, 0.6) is 0 Å². The number of thiophene rings is 1. The number of aromatic carboxylic acids is 1. The lowest BCUT2D eigenvalue weighted by Crippen LogP contribution is -2.02. The van der Waals surface area contributed by atoms with Gasteiger partial charge in [0.15, 0.2) is 0 Å². The van der Waals surface area contributed by atoms with Crippen molar-refractivity contribution < 1.29 is 9.90 Å². The molecule has 0 aliphatic rings. The molecular weight excluding hydrogens is 222 g/mol. The summed E-state index contributed by atoms with van der Waals surface area (Å²) in [5, 5.41) is 10.0. The zero-order valence-electron chi connectivity index (χ0n) is 9.23. The molecule has 16 heavy (non-hydrogen) atoms. The normalized spacial score (nSPS) is 10.6. The maximum atomic E-state index is 11.3. The van der Waals surface area contributed by atoms with Crippen molar-refractivity contribution in [1.29, 1.82) is 0 Å². The molecule has 0 aromatic carbocycles. The highest BCUT2D eigenvalue weighted by molar-refractivity contribution is 7.15. The van der Waals surface area contributed by atoms with Crippen molar-refractivity contribution in [2.45, 2.75) is 20.3 Å². The Labute approximate surface area is 98.0 Å². The summed E-state index contributed by atoms with van der Waals surface area (Å²) >= 11 is 1.55. The van der Waals surface area contributed by atoms with Crippen molar-refractivity contribution in [2.75, 3.05) is 0 Å². The highest BCUT2D eigenvalue weighted by atomic mass is 32.1. The van der Waals surface area contributed by atoms with Gasteiger partial charge in [-0.15, -0.1) is 11.3 Å². The van der Waals surface area contributed by atoms with Crippen molar-refractivity contribution in [3.8, 4) is 5.00 Å². The Morgan fingerprint density at radius 1 is 1.44 bits per heavy atom. The average Bonchev–Trinajstić information content (AvgIpc) is 2.83. The van der Waals surface area contributed by atoms with Crippen molar-refractivity contribution in [2.24, 2.45) is 0 Å². The highest BCUT2D eigenvalue weighted by Gasteiger charge is 2.20. The first-order valence-electron chi connectivity index (χ1n) is 5.14. The lowest BCUT2D eigenvalue weighted by molar-refractivity contribution is 0.0696. The summed E-state index contributed by atoms with van der Waals surface area (Å²) in [5.74, 6) is -0.850. The molecule has 0 radical (unpaired) electrons. The van der Waals surface area contributed by atoms with Crippen LogP contribution in [0.25, 0.3) is 5.00 Å². The number of nitrogens with zero attached hydrogens (tertiary/aromatic N) is 1. The van der Waals surface area contributed by atoms with Gasteiger partial charge < -0.3 is 9.67 Å². The first-order valence-corrected chi connectivity index (χ1v) is 5.95. The largest absolute Gasteiger partial charge is 0.478 e. The van der Waals surface area contributed by atoms with Crippen molar-refractivity contribution in [3.63, 3.8) is 0 Å². The molecule has 0 bridgehead atoms. The number of rotatable bonds is 3. The quantitative estimate of drug-likeness (QED) is 0.888. The average molecular weight is 235 g/mol. The van der Waals surface area contributed by atoms with E-state index < -0.39 is 5.97 Å². The molecule has 1 N–H and O–H groups in total. The van der Waals surface area contributed by atoms with Crippen LogP contribution in [-0.4, -0.2) is 15.6 Å². The van der Waals surface area contributed by atoms with E-state index in [0.29, 0.717) is 5.56 Å². The first-order chi connectivity index (χ1) is 7.65. The lowest BCUT2D eigenvalue weighted by Gasteiger charge is -2.01. The second-order valence-electron chi connectivity index (χ2n) is 3.58. The fraction of sp³-hybridized carbons (Fsp3) is 0.250. The van der Waals surface area contributed by atoms with Crippen LogP contribution in [0.15, 0.2) is 24.5 Å². The van der Waals surface area contributed by atoms with Gasteiger partial charge in [0.1, 0.15) is 5.00 Å². The maximum absolute atomic E-state index is 11.3. The van der Waals surface area contributed by atoms with Crippen LogP contribution in [0, 0.1) is 6.92 Å². The molecule has 2 aromatic rings.